The maximum atomic E-state index is 10.9. The molecule has 0 spiro atoms. The van der Waals surface area contributed by atoms with Crippen molar-refractivity contribution < 1.29 is 14.0 Å². The Kier molecular flexibility index (Phi) is 3.74. The summed E-state index contributed by atoms with van der Waals surface area (Å²) in [7, 11) is 0. The number of hydrogen-bond donors (Lipinski definition) is 0. The minimum Gasteiger partial charge on any atom is -0.491 e. The van der Waals surface area contributed by atoms with Gasteiger partial charge in [0.1, 0.15) is 12.4 Å². The van der Waals surface area contributed by atoms with Crippen LogP contribution in [0.3, 0.4) is 0 Å². The van der Waals surface area contributed by atoms with Crippen LogP contribution in [-0.2, 0) is 14.0 Å². The van der Waals surface area contributed by atoms with E-state index in [1.165, 1.54) is 0 Å². The molecular weight excluding hydrogens is 245 g/mol. The van der Waals surface area contributed by atoms with Gasteiger partial charge in [-0.3, -0.25) is 4.57 Å². The zero-order valence-electron chi connectivity index (χ0n) is 5.87. The van der Waals surface area contributed by atoms with Crippen LogP contribution in [-0.4, -0.2) is 18.8 Å². The highest BCUT2D eigenvalue weighted by Crippen LogP contribution is 2.59. The van der Waals surface area contributed by atoms with E-state index in [4.69, 9.17) is 43.6 Å². The monoisotopic (exact) mass is 250 g/mol. The third-order valence-corrected chi connectivity index (χ3v) is 2.60. The van der Waals surface area contributed by atoms with Crippen LogP contribution in [0.2, 0.25) is 0 Å². The van der Waals surface area contributed by atoms with E-state index < -0.39 is 11.4 Å². The van der Waals surface area contributed by atoms with Gasteiger partial charge in [0.25, 0.3) is 5.85 Å². The van der Waals surface area contributed by atoms with E-state index in [0.717, 1.165) is 5.82 Å². The fourth-order valence-corrected chi connectivity index (χ4v) is 2.09. The summed E-state index contributed by atoms with van der Waals surface area (Å²) in [6.45, 7) is 0.767. The fourth-order valence-electron chi connectivity index (χ4n) is 0.703. The van der Waals surface area contributed by atoms with Crippen molar-refractivity contribution in [1.82, 2.24) is 0 Å². The predicted molar refractivity (Wildman–Crippen MR) is 48.9 cm³/mol. The van der Waals surface area contributed by atoms with E-state index in [1.807, 2.05) is 0 Å². The maximum absolute atomic E-state index is 10.9. The largest absolute Gasteiger partial charge is 0.491 e. The average Bonchev–Trinajstić information content (AvgIpc) is 1.91. The molecule has 70 valence electrons. The van der Waals surface area contributed by atoms with Crippen LogP contribution in [0.5, 0.6) is 0 Å². The van der Waals surface area contributed by atoms with Crippen molar-refractivity contribution >= 4 is 39.9 Å². The van der Waals surface area contributed by atoms with Crippen LogP contribution in [0, 0.1) is 0 Å². The SMILES string of the molecule is O=P(Cl)(Cl)/C=C1\OCCOC1Cl. The third kappa shape index (κ3) is 3.55. The summed E-state index contributed by atoms with van der Waals surface area (Å²) in [6.07, 6.45) is 0. The lowest BCUT2D eigenvalue weighted by Gasteiger charge is -2.21. The molecule has 1 heterocycles. The molecule has 1 aliphatic rings. The lowest BCUT2D eigenvalue weighted by Crippen LogP contribution is -2.21. The first-order valence-corrected chi connectivity index (χ1v) is 7.11. The van der Waals surface area contributed by atoms with E-state index in [0.29, 0.717) is 13.2 Å². The molecule has 0 saturated carbocycles. The lowest BCUT2D eigenvalue weighted by atomic mass is 10.5. The Morgan fingerprint density at radius 1 is 1.50 bits per heavy atom. The van der Waals surface area contributed by atoms with Gasteiger partial charge in [0.2, 0.25) is 0 Å². The molecule has 12 heavy (non-hydrogen) atoms. The van der Waals surface area contributed by atoms with Crippen LogP contribution < -0.4 is 0 Å². The molecular formula is C5H6Cl3O3P. The summed E-state index contributed by atoms with van der Waals surface area (Å²) in [5.74, 6) is -1.97. The third-order valence-electron chi connectivity index (χ3n) is 1.12. The molecule has 1 atom stereocenters. The van der Waals surface area contributed by atoms with Crippen molar-refractivity contribution in [3.8, 4) is 0 Å². The second-order valence-electron chi connectivity index (χ2n) is 2.07. The Labute approximate surface area is 84.5 Å². The Balaban J connectivity index is 2.72. The van der Waals surface area contributed by atoms with Crippen molar-refractivity contribution in [3.05, 3.63) is 11.6 Å². The van der Waals surface area contributed by atoms with Gasteiger partial charge >= 0.3 is 0 Å². The summed E-state index contributed by atoms with van der Waals surface area (Å²) in [4.78, 5) is 0. The molecule has 1 fully saturated rings. The first kappa shape index (κ1) is 10.7. The van der Waals surface area contributed by atoms with Gasteiger partial charge in [-0.25, -0.2) is 0 Å². The summed E-state index contributed by atoms with van der Waals surface area (Å²) >= 11 is 16.2. The van der Waals surface area contributed by atoms with E-state index >= 15 is 0 Å². The number of halogens is 3. The molecule has 1 saturated heterocycles. The first-order valence-electron chi connectivity index (χ1n) is 3.09. The molecule has 1 rings (SSSR count). The van der Waals surface area contributed by atoms with Crippen molar-refractivity contribution in [1.29, 1.82) is 0 Å². The minimum atomic E-state index is -3.28. The van der Waals surface area contributed by atoms with E-state index in [2.05, 4.69) is 0 Å². The zero-order chi connectivity index (χ0) is 9.19. The number of rotatable bonds is 1. The molecule has 1 unspecified atom stereocenters. The second-order valence-corrected chi connectivity index (χ2v) is 7.26. The highest BCUT2D eigenvalue weighted by atomic mass is 35.9. The molecule has 0 N–H and O–H groups in total. The molecule has 0 aliphatic carbocycles. The zero-order valence-corrected chi connectivity index (χ0v) is 9.04. The standard InChI is InChI=1S/C5H6Cl3O3P/c6-5-4(3-12(7,8)9)10-1-2-11-5/h3,5H,1-2H2/b4-3-. The predicted octanol–water partition coefficient (Wildman–Crippen LogP) is 3.11. The molecule has 1 aliphatic heterocycles. The van der Waals surface area contributed by atoms with Gasteiger partial charge < -0.3 is 9.47 Å². The number of ether oxygens (including phenoxy) is 2. The summed E-state index contributed by atoms with van der Waals surface area (Å²) in [5.41, 5.74) is -0.746. The van der Waals surface area contributed by atoms with Crippen LogP contribution in [0.25, 0.3) is 0 Å². The average molecular weight is 251 g/mol. The Bertz CT molecular complexity index is 236. The Morgan fingerprint density at radius 3 is 2.67 bits per heavy atom. The van der Waals surface area contributed by atoms with Gasteiger partial charge in [0, 0.05) is 5.82 Å². The maximum Gasteiger partial charge on any atom is 0.278 e. The lowest BCUT2D eigenvalue weighted by molar-refractivity contribution is -0.00596. The smallest absolute Gasteiger partial charge is 0.278 e. The molecule has 0 amide bonds. The second kappa shape index (κ2) is 4.21. The van der Waals surface area contributed by atoms with Crippen LogP contribution >= 0.6 is 39.9 Å². The molecule has 0 aromatic rings. The summed E-state index contributed by atoms with van der Waals surface area (Å²) < 4.78 is 20.9. The highest BCUT2D eigenvalue weighted by molar-refractivity contribution is 8.10. The Morgan fingerprint density at radius 2 is 2.17 bits per heavy atom. The Hall–Kier alpha value is 0.600. The van der Waals surface area contributed by atoms with Gasteiger partial charge in [-0.1, -0.05) is 11.6 Å². The normalized spacial score (nSPS) is 28.6. The minimum absolute atomic E-state index is 0.219. The van der Waals surface area contributed by atoms with Gasteiger partial charge in [-0.05, 0) is 22.5 Å². The van der Waals surface area contributed by atoms with E-state index in [-0.39, 0.29) is 5.76 Å². The quantitative estimate of drug-likeness (QED) is 0.530. The highest BCUT2D eigenvalue weighted by Gasteiger charge is 2.22. The van der Waals surface area contributed by atoms with E-state index in [1.54, 1.807) is 0 Å². The van der Waals surface area contributed by atoms with Crippen LogP contribution in [0.15, 0.2) is 11.6 Å². The number of alkyl halides is 1. The van der Waals surface area contributed by atoms with Crippen molar-refractivity contribution in [2.24, 2.45) is 0 Å². The molecule has 3 nitrogen and oxygen atoms in total. The van der Waals surface area contributed by atoms with Crippen LogP contribution in [0.4, 0.5) is 0 Å². The molecule has 0 radical (unpaired) electrons. The van der Waals surface area contributed by atoms with Gasteiger partial charge in [-0.2, -0.15) is 0 Å². The molecule has 0 bridgehead atoms. The van der Waals surface area contributed by atoms with Crippen molar-refractivity contribution in [2.75, 3.05) is 13.2 Å². The fraction of sp³-hybridized carbons (Fsp3) is 0.600. The van der Waals surface area contributed by atoms with Gasteiger partial charge in [-0.15, -0.1) is 0 Å². The molecule has 7 heteroatoms. The van der Waals surface area contributed by atoms with Crippen molar-refractivity contribution in [2.45, 2.75) is 5.56 Å². The van der Waals surface area contributed by atoms with Gasteiger partial charge in [0.05, 0.1) is 6.61 Å². The van der Waals surface area contributed by atoms with Gasteiger partial charge in [0.15, 0.2) is 5.56 Å². The summed E-state index contributed by atoms with van der Waals surface area (Å²) in [6, 6.07) is 0. The van der Waals surface area contributed by atoms with E-state index in [9.17, 15) is 4.57 Å². The molecule has 0 aromatic carbocycles. The molecule has 0 aromatic heterocycles. The topological polar surface area (TPSA) is 35.5 Å². The van der Waals surface area contributed by atoms with Crippen molar-refractivity contribution in [3.63, 3.8) is 0 Å². The van der Waals surface area contributed by atoms with Crippen LogP contribution in [0.1, 0.15) is 0 Å². The first-order chi connectivity index (χ1) is 5.49. The number of hydrogen-bond acceptors (Lipinski definition) is 3. The summed E-state index contributed by atoms with van der Waals surface area (Å²) in [5, 5.41) is 0.